The van der Waals surface area contributed by atoms with Crippen molar-refractivity contribution in [2.45, 2.75) is 38.3 Å². The fourth-order valence-electron chi connectivity index (χ4n) is 2.58. The number of carbonyl (C=O) groups excluding carboxylic acids is 1. The summed E-state index contributed by atoms with van der Waals surface area (Å²) in [4.78, 5) is 13.2. The van der Waals surface area contributed by atoms with E-state index < -0.39 is 0 Å². The minimum atomic E-state index is -0.287. The first-order chi connectivity index (χ1) is 9.04. The highest BCUT2D eigenvalue weighted by Crippen LogP contribution is 2.20. The molecule has 2 rings (SSSR count). The van der Waals surface area contributed by atoms with Crippen LogP contribution in [0.25, 0.3) is 0 Å². The highest BCUT2D eigenvalue weighted by molar-refractivity contribution is 5.76. The van der Waals surface area contributed by atoms with Crippen molar-refractivity contribution in [3.05, 3.63) is 29.8 Å². The third kappa shape index (κ3) is 3.96. The first-order valence-corrected chi connectivity index (χ1v) is 6.88. The second-order valence-corrected chi connectivity index (χ2v) is 5.54. The van der Waals surface area contributed by atoms with E-state index in [0.29, 0.717) is 18.5 Å². The van der Waals surface area contributed by atoms with Crippen molar-refractivity contribution >= 4 is 11.6 Å². The third-order valence-corrected chi connectivity index (χ3v) is 3.91. The molecule has 2 unspecified atom stereocenters. The predicted octanol–water partition coefficient (Wildman–Crippen LogP) is 1.61. The normalized spacial score (nSPS) is 24.1. The Bertz CT molecular complexity index is 430. The van der Waals surface area contributed by atoms with E-state index in [4.69, 9.17) is 5.73 Å². The molecule has 0 bridgehead atoms. The summed E-state index contributed by atoms with van der Waals surface area (Å²) in [6.45, 7) is 3.41. The van der Waals surface area contributed by atoms with Crippen molar-refractivity contribution in [2.75, 3.05) is 18.9 Å². The lowest BCUT2D eigenvalue weighted by atomic mass is 9.98. The van der Waals surface area contributed by atoms with Gasteiger partial charge in [0.1, 0.15) is 0 Å². The van der Waals surface area contributed by atoms with Gasteiger partial charge in [0.25, 0.3) is 0 Å². The van der Waals surface area contributed by atoms with Gasteiger partial charge in [-0.2, -0.15) is 0 Å². The summed E-state index contributed by atoms with van der Waals surface area (Å²) >= 11 is 0. The maximum absolute atomic E-state index is 10.8. The molecule has 1 aromatic carbocycles. The molecular weight excluding hydrogens is 238 g/mol. The summed E-state index contributed by atoms with van der Waals surface area (Å²) in [7, 11) is 2.18. The Morgan fingerprint density at radius 1 is 1.42 bits per heavy atom. The van der Waals surface area contributed by atoms with Gasteiger partial charge >= 0.3 is 0 Å². The van der Waals surface area contributed by atoms with Crippen molar-refractivity contribution in [3.63, 3.8) is 0 Å². The quantitative estimate of drug-likeness (QED) is 0.865. The number of carbonyl (C=O) groups is 1. The molecule has 1 aromatic rings. The molecule has 1 aliphatic heterocycles. The molecule has 1 fully saturated rings. The standard InChI is InChI=1S/C15H23N3O/c1-11-9-14(7-8-18(11)2)17-13-5-3-12(4-6-13)10-15(16)19/h3-6,11,14,17H,7-10H2,1-2H3,(H2,16,19). The van der Waals surface area contributed by atoms with E-state index in [1.807, 2.05) is 24.3 Å². The van der Waals surface area contributed by atoms with Crippen LogP contribution in [-0.2, 0) is 11.2 Å². The zero-order chi connectivity index (χ0) is 13.8. The fourth-order valence-corrected chi connectivity index (χ4v) is 2.58. The Kier molecular flexibility index (Phi) is 4.43. The number of piperidine rings is 1. The molecule has 0 aliphatic carbocycles. The number of rotatable bonds is 4. The van der Waals surface area contributed by atoms with E-state index in [1.165, 1.54) is 12.8 Å². The number of amides is 1. The SMILES string of the molecule is CC1CC(Nc2ccc(CC(N)=O)cc2)CCN1C. The van der Waals surface area contributed by atoms with Crippen LogP contribution in [0.15, 0.2) is 24.3 Å². The van der Waals surface area contributed by atoms with Crippen LogP contribution in [0.1, 0.15) is 25.3 Å². The zero-order valence-electron chi connectivity index (χ0n) is 11.7. The van der Waals surface area contributed by atoms with Crippen molar-refractivity contribution < 1.29 is 4.79 Å². The van der Waals surface area contributed by atoms with Crippen molar-refractivity contribution in [1.82, 2.24) is 4.90 Å². The van der Waals surface area contributed by atoms with Crippen molar-refractivity contribution in [2.24, 2.45) is 5.73 Å². The van der Waals surface area contributed by atoms with Crippen LogP contribution in [0.4, 0.5) is 5.69 Å². The lowest BCUT2D eigenvalue weighted by Gasteiger charge is -2.35. The summed E-state index contributed by atoms with van der Waals surface area (Å²) in [5, 5.41) is 3.57. The Morgan fingerprint density at radius 3 is 2.68 bits per heavy atom. The zero-order valence-corrected chi connectivity index (χ0v) is 11.7. The second kappa shape index (κ2) is 6.06. The number of anilines is 1. The summed E-state index contributed by atoms with van der Waals surface area (Å²) in [5.74, 6) is -0.287. The Hall–Kier alpha value is -1.55. The van der Waals surface area contributed by atoms with Gasteiger partial charge in [0, 0.05) is 24.3 Å². The average molecular weight is 261 g/mol. The van der Waals surface area contributed by atoms with Gasteiger partial charge in [-0.3, -0.25) is 4.79 Å². The molecule has 2 atom stereocenters. The molecule has 0 spiro atoms. The molecule has 104 valence electrons. The summed E-state index contributed by atoms with van der Waals surface area (Å²) in [5.41, 5.74) is 7.27. The first-order valence-electron chi connectivity index (χ1n) is 6.88. The molecule has 4 heteroatoms. The highest BCUT2D eigenvalue weighted by atomic mass is 16.1. The molecule has 4 nitrogen and oxygen atoms in total. The lowest BCUT2D eigenvalue weighted by Crippen LogP contribution is -2.42. The number of nitrogens with two attached hydrogens (primary N) is 1. The van der Waals surface area contributed by atoms with Gasteiger partial charge in [0.05, 0.1) is 6.42 Å². The van der Waals surface area contributed by atoms with Gasteiger partial charge in [-0.15, -0.1) is 0 Å². The molecule has 1 amide bonds. The van der Waals surface area contributed by atoms with E-state index in [-0.39, 0.29) is 5.91 Å². The molecule has 19 heavy (non-hydrogen) atoms. The molecule has 1 saturated heterocycles. The average Bonchev–Trinajstić information content (AvgIpc) is 2.36. The van der Waals surface area contributed by atoms with E-state index in [0.717, 1.165) is 17.8 Å². The molecule has 1 aliphatic rings. The summed E-state index contributed by atoms with van der Waals surface area (Å²) < 4.78 is 0. The fraction of sp³-hybridized carbons (Fsp3) is 0.533. The molecular formula is C15H23N3O. The van der Waals surface area contributed by atoms with Crippen LogP contribution in [0.2, 0.25) is 0 Å². The number of nitrogens with one attached hydrogen (secondary N) is 1. The van der Waals surface area contributed by atoms with Crippen LogP contribution in [0.5, 0.6) is 0 Å². The van der Waals surface area contributed by atoms with Gasteiger partial charge in [-0.05, 0) is 44.5 Å². The number of nitrogens with zero attached hydrogens (tertiary/aromatic N) is 1. The number of primary amides is 1. The number of benzene rings is 1. The van der Waals surface area contributed by atoms with Crippen LogP contribution < -0.4 is 11.1 Å². The van der Waals surface area contributed by atoms with E-state index in [9.17, 15) is 4.79 Å². The maximum Gasteiger partial charge on any atom is 0.221 e. The van der Waals surface area contributed by atoms with Crippen LogP contribution in [-0.4, -0.2) is 36.5 Å². The Labute approximate surface area is 115 Å². The Balaban J connectivity index is 1.91. The smallest absolute Gasteiger partial charge is 0.221 e. The molecule has 3 N–H and O–H groups in total. The molecule has 0 saturated carbocycles. The lowest BCUT2D eigenvalue weighted by molar-refractivity contribution is -0.117. The minimum Gasteiger partial charge on any atom is -0.382 e. The second-order valence-electron chi connectivity index (χ2n) is 5.54. The largest absolute Gasteiger partial charge is 0.382 e. The number of hydrogen-bond acceptors (Lipinski definition) is 3. The van der Waals surface area contributed by atoms with Gasteiger partial charge in [-0.25, -0.2) is 0 Å². The van der Waals surface area contributed by atoms with Crippen LogP contribution >= 0.6 is 0 Å². The molecule has 1 heterocycles. The Morgan fingerprint density at radius 2 is 2.11 bits per heavy atom. The van der Waals surface area contributed by atoms with Crippen LogP contribution in [0.3, 0.4) is 0 Å². The van der Waals surface area contributed by atoms with Gasteiger partial charge in [0.2, 0.25) is 5.91 Å². The monoisotopic (exact) mass is 261 g/mol. The molecule has 0 aromatic heterocycles. The van der Waals surface area contributed by atoms with Gasteiger partial charge in [-0.1, -0.05) is 12.1 Å². The maximum atomic E-state index is 10.8. The van der Waals surface area contributed by atoms with Crippen molar-refractivity contribution in [3.8, 4) is 0 Å². The summed E-state index contributed by atoms with van der Waals surface area (Å²) in [6.07, 6.45) is 2.65. The number of likely N-dealkylation sites (tertiary alicyclic amines) is 1. The van der Waals surface area contributed by atoms with E-state index in [1.54, 1.807) is 0 Å². The summed E-state index contributed by atoms with van der Waals surface area (Å²) in [6, 6.07) is 9.15. The van der Waals surface area contributed by atoms with Crippen molar-refractivity contribution in [1.29, 1.82) is 0 Å². The predicted molar refractivity (Wildman–Crippen MR) is 78.1 cm³/mol. The minimum absolute atomic E-state index is 0.287. The highest BCUT2D eigenvalue weighted by Gasteiger charge is 2.22. The number of hydrogen-bond donors (Lipinski definition) is 2. The van der Waals surface area contributed by atoms with E-state index >= 15 is 0 Å². The van der Waals surface area contributed by atoms with Gasteiger partial charge < -0.3 is 16.0 Å². The van der Waals surface area contributed by atoms with E-state index in [2.05, 4.69) is 24.2 Å². The topological polar surface area (TPSA) is 58.4 Å². The molecule has 0 radical (unpaired) electrons. The first kappa shape index (κ1) is 13.9. The third-order valence-electron chi connectivity index (χ3n) is 3.91. The van der Waals surface area contributed by atoms with Gasteiger partial charge in [0.15, 0.2) is 0 Å². The van der Waals surface area contributed by atoms with Crippen LogP contribution in [0, 0.1) is 0 Å².